The summed E-state index contributed by atoms with van der Waals surface area (Å²) in [6.45, 7) is 5.10. The zero-order valence-corrected chi connectivity index (χ0v) is 18.4. The highest BCUT2D eigenvalue weighted by molar-refractivity contribution is 6.04. The van der Waals surface area contributed by atoms with Gasteiger partial charge in [0.2, 0.25) is 5.82 Å². The van der Waals surface area contributed by atoms with Crippen LogP contribution in [0.2, 0.25) is 0 Å². The molecular formula is C25H23N5O3. The number of rotatable bonds is 5. The van der Waals surface area contributed by atoms with Gasteiger partial charge in [0.15, 0.2) is 11.5 Å². The monoisotopic (exact) mass is 441 g/mol. The van der Waals surface area contributed by atoms with Gasteiger partial charge in [-0.2, -0.15) is 4.98 Å². The number of aromatic nitrogens is 4. The third-order valence-electron chi connectivity index (χ3n) is 5.29. The zero-order valence-electron chi connectivity index (χ0n) is 18.4. The number of aryl methyl sites for hydroxylation is 2. The molecule has 0 spiro atoms. The van der Waals surface area contributed by atoms with Crippen LogP contribution in [0.5, 0.6) is 11.5 Å². The highest BCUT2D eigenvalue weighted by Crippen LogP contribution is 2.34. The van der Waals surface area contributed by atoms with E-state index in [1.807, 2.05) is 80.6 Å². The first-order valence-electron chi connectivity index (χ1n) is 10.7. The quantitative estimate of drug-likeness (QED) is 0.468. The number of carbonyl (C=O) groups is 1. The van der Waals surface area contributed by atoms with Crippen molar-refractivity contribution in [1.29, 1.82) is 0 Å². The first kappa shape index (κ1) is 20.7. The minimum atomic E-state index is -0.327. The molecule has 0 N–H and O–H groups in total. The number of nitrogens with zero attached hydrogens (tertiary/aromatic N) is 5. The lowest BCUT2D eigenvalue weighted by molar-refractivity contribution is 0.0980. The number of ether oxygens (including phenoxy) is 2. The van der Waals surface area contributed by atoms with Gasteiger partial charge in [0.25, 0.3) is 11.7 Å². The third-order valence-corrected chi connectivity index (χ3v) is 5.29. The molecular weight excluding hydrogens is 418 g/mol. The smallest absolute Gasteiger partial charge is 0.298 e. The van der Waals surface area contributed by atoms with Gasteiger partial charge in [-0.1, -0.05) is 42.5 Å². The molecule has 0 saturated carbocycles. The Bertz CT molecular complexity index is 1350. The fourth-order valence-corrected chi connectivity index (χ4v) is 3.74. The molecule has 166 valence electrons. The van der Waals surface area contributed by atoms with E-state index in [1.165, 1.54) is 0 Å². The van der Waals surface area contributed by atoms with Gasteiger partial charge in [-0.05, 0) is 37.6 Å². The molecule has 0 saturated heterocycles. The molecule has 3 heterocycles. The van der Waals surface area contributed by atoms with Gasteiger partial charge in [0.1, 0.15) is 13.2 Å². The van der Waals surface area contributed by atoms with Crippen LogP contribution in [-0.4, -0.2) is 45.2 Å². The maximum absolute atomic E-state index is 13.6. The normalized spacial score (nSPS) is 12.9. The number of hydrogen-bond acceptors (Lipinski definition) is 6. The van der Waals surface area contributed by atoms with Crippen LogP contribution in [0.25, 0.3) is 11.9 Å². The number of anilines is 1. The van der Waals surface area contributed by atoms with Crippen molar-refractivity contribution in [2.24, 2.45) is 0 Å². The summed E-state index contributed by atoms with van der Waals surface area (Å²) in [6, 6.07) is 17.3. The maximum Gasteiger partial charge on any atom is 0.298 e. The van der Waals surface area contributed by atoms with E-state index >= 15 is 0 Å². The number of fused-ring (bicyclic) bond motifs is 2. The largest absolute Gasteiger partial charge is 0.486 e. The first-order valence-corrected chi connectivity index (χ1v) is 10.7. The predicted molar refractivity (Wildman–Crippen MR) is 125 cm³/mol. The summed E-state index contributed by atoms with van der Waals surface area (Å²) < 4.78 is 12.9. The molecule has 2 aromatic heterocycles. The van der Waals surface area contributed by atoms with Crippen molar-refractivity contribution >= 4 is 23.4 Å². The van der Waals surface area contributed by atoms with E-state index in [0.29, 0.717) is 42.7 Å². The Morgan fingerprint density at radius 3 is 2.64 bits per heavy atom. The second-order valence-corrected chi connectivity index (χ2v) is 7.74. The molecule has 0 radical (unpaired) electrons. The van der Waals surface area contributed by atoms with Crippen LogP contribution in [0.4, 0.5) is 5.69 Å². The molecule has 0 atom stereocenters. The van der Waals surface area contributed by atoms with Crippen LogP contribution < -0.4 is 14.4 Å². The summed E-state index contributed by atoms with van der Waals surface area (Å²) in [4.78, 5) is 24.0. The maximum atomic E-state index is 13.6. The molecule has 1 amide bonds. The molecule has 1 aliphatic heterocycles. The average Bonchev–Trinajstić information content (AvgIpc) is 3.26. The fraction of sp³-hybridized carbons (Fsp3) is 0.200. The highest BCUT2D eigenvalue weighted by atomic mass is 16.6. The van der Waals surface area contributed by atoms with Crippen molar-refractivity contribution in [3.05, 3.63) is 83.4 Å². The summed E-state index contributed by atoms with van der Waals surface area (Å²) in [6.07, 6.45) is 3.91. The van der Waals surface area contributed by atoms with Crippen molar-refractivity contribution in [2.45, 2.75) is 13.8 Å². The van der Waals surface area contributed by atoms with Gasteiger partial charge in [-0.3, -0.25) is 4.79 Å². The van der Waals surface area contributed by atoms with Crippen LogP contribution in [0, 0.1) is 13.8 Å². The van der Waals surface area contributed by atoms with Crippen molar-refractivity contribution in [3.8, 4) is 11.5 Å². The summed E-state index contributed by atoms with van der Waals surface area (Å²) in [5, 5.41) is 4.43. The summed E-state index contributed by atoms with van der Waals surface area (Å²) >= 11 is 0. The van der Waals surface area contributed by atoms with Crippen molar-refractivity contribution in [2.75, 3.05) is 24.7 Å². The van der Waals surface area contributed by atoms with Gasteiger partial charge in [-0.15, -0.1) is 5.10 Å². The Hall–Kier alpha value is -4.20. The molecule has 0 aliphatic carbocycles. The third kappa shape index (κ3) is 4.27. The zero-order chi connectivity index (χ0) is 22.8. The number of hydrogen-bond donors (Lipinski definition) is 0. The lowest BCUT2D eigenvalue weighted by Crippen LogP contribution is -2.32. The van der Waals surface area contributed by atoms with E-state index in [-0.39, 0.29) is 11.7 Å². The predicted octanol–water partition coefficient (Wildman–Crippen LogP) is 3.87. The van der Waals surface area contributed by atoms with Crippen LogP contribution in [0.15, 0.2) is 60.7 Å². The Labute approximate surface area is 191 Å². The van der Waals surface area contributed by atoms with E-state index in [2.05, 4.69) is 15.1 Å². The second-order valence-electron chi connectivity index (χ2n) is 7.74. The molecule has 0 unspecified atom stereocenters. The van der Waals surface area contributed by atoms with E-state index in [9.17, 15) is 4.79 Å². The molecule has 4 aromatic rings. The lowest BCUT2D eigenvalue weighted by atomic mass is 10.2. The van der Waals surface area contributed by atoms with Gasteiger partial charge < -0.3 is 14.4 Å². The van der Waals surface area contributed by atoms with Crippen LogP contribution >= 0.6 is 0 Å². The Balaban J connectivity index is 1.51. The van der Waals surface area contributed by atoms with Gasteiger partial charge in [0, 0.05) is 29.7 Å². The second kappa shape index (κ2) is 8.74. The summed E-state index contributed by atoms with van der Waals surface area (Å²) in [7, 11) is 0. The highest BCUT2D eigenvalue weighted by Gasteiger charge is 2.24. The molecule has 0 fully saturated rings. The minimum absolute atomic E-state index is 0.0826. The first-order chi connectivity index (χ1) is 16.1. The number of carbonyl (C=O) groups excluding carboxylic acids is 1. The van der Waals surface area contributed by atoms with E-state index < -0.39 is 0 Å². The Morgan fingerprint density at radius 1 is 1.03 bits per heavy atom. The summed E-state index contributed by atoms with van der Waals surface area (Å²) in [5.74, 6) is 1.43. The van der Waals surface area contributed by atoms with Gasteiger partial charge in [0.05, 0.1) is 0 Å². The molecule has 0 bridgehead atoms. The van der Waals surface area contributed by atoms with Gasteiger partial charge in [-0.25, -0.2) is 9.50 Å². The number of amides is 1. The van der Waals surface area contributed by atoms with Crippen LogP contribution in [0.1, 0.15) is 27.6 Å². The molecule has 1 aliphatic rings. The SMILES string of the molecule is Cc1cc(C)n2nc(C(=O)N(CC=Cc3ccccc3)c3ccc4c(c3)OCCO4)nc2n1. The van der Waals surface area contributed by atoms with Crippen LogP contribution in [0.3, 0.4) is 0 Å². The number of benzene rings is 2. The molecule has 33 heavy (non-hydrogen) atoms. The minimum Gasteiger partial charge on any atom is -0.486 e. The van der Waals surface area contributed by atoms with Crippen LogP contribution in [-0.2, 0) is 0 Å². The van der Waals surface area contributed by atoms with E-state index in [1.54, 1.807) is 9.42 Å². The lowest BCUT2D eigenvalue weighted by Gasteiger charge is -2.23. The molecule has 8 heteroatoms. The van der Waals surface area contributed by atoms with Crippen molar-refractivity contribution < 1.29 is 14.3 Å². The molecule has 2 aromatic carbocycles. The topological polar surface area (TPSA) is 81.9 Å². The van der Waals surface area contributed by atoms with Crippen molar-refractivity contribution in [1.82, 2.24) is 19.6 Å². The standard InChI is InChI=1S/C25H23N5O3/c1-17-15-18(2)30-25(26-17)27-23(28-30)24(31)29(12-6-9-19-7-4-3-5-8-19)20-10-11-21-22(16-20)33-14-13-32-21/h3-11,15-16H,12-14H2,1-2H3. The Kier molecular flexibility index (Phi) is 5.48. The average molecular weight is 441 g/mol. The Morgan fingerprint density at radius 2 is 1.82 bits per heavy atom. The fourth-order valence-electron chi connectivity index (χ4n) is 3.74. The van der Waals surface area contributed by atoms with E-state index in [0.717, 1.165) is 17.0 Å². The molecule has 5 rings (SSSR count). The van der Waals surface area contributed by atoms with E-state index in [4.69, 9.17) is 9.47 Å². The van der Waals surface area contributed by atoms with Gasteiger partial charge >= 0.3 is 0 Å². The summed E-state index contributed by atoms with van der Waals surface area (Å²) in [5.41, 5.74) is 3.40. The van der Waals surface area contributed by atoms with Crippen molar-refractivity contribution in [3.63, 3.8) is 0 Å². The molecule has 8 nitrogen and oxygen atoms in total.